The average Bonchev–Trinajstić information content (AvgIpc) is 3.14. The van der Waals surface area contributed by atoms with Crippen LogP contribution in [-0.4, -0.2) is 30.5 Å². The van der Waals surface area contributed by atoms with Crippen molar-refractivity contribution in [1.29, 1.82) is 0 Å². The van der Waals surface area contributed by atoms with E-state index in [0.29, 0.717) is 29.2 Å². The zero-order chi connectivity index (χ0) is 26.0. The van der Waals surface area contributed by atoms with E-state index in [-0.39, 0.29) is 22.9 Å². The Bertz CT molecular complexity index is 1350. The third kappa shape index (κ3) is 4.44. The second-order valence-corrected chi connectivity index (χ2v) is 8.73. The van der Waals surface area contributed by atoms with E-state index in [1.165, 1.54) is 30.2 Å². The number of ketones is 1. The highest BCUT2D eigenvalue weighted by molar-refractivity contribution is 6.51. The minimum absolute atomic E-state index is 0.0824. The Morgan fingerprint density at radius 2 is 1.78 bits per heavy atom. The third-order valence-corrected chi connectivity index (χ3v) is 6.17. The summed E-state index contributed by atoms with van der Waals surface area (Å²) in [6.45, 7) is 6.37. The first kappa shape index (κ1) is 25.0. The summed E-state index contributed by atoms with van der Waals surface area (Å²) in [5.74, 6) is -1.43. The molecule has 7 heteroatoms. The number of hydrogen-bond donors (Lipinski definition) is 1. The second kappa shape index (κ2) is 10.2. The number of aliphatic hydroxyl groups excluding tert-OH is 1. The van der Waals surface area contributed by atoms with Gasteiger partial charge in [-0.15, -0.1) is 0 Å². The predicted molar refractivity (Wildman–Crippen MR) is 136 cm³/mol. The molecule has 1 aliphatic heterocycles. The molecule has 0 saturated carbocycles. The molecular weight excluding hydrogens is 461 g/mol. The first-order chi connectivity index (χ1) is 17.3. The molecular formula is C29H28FNO5. The highest BCUT2D eigenvalue weighted by Gasteiger charge is 2.48. The van der Waals surface area contributed by atoms with Gasteiger partial charge in [-0.3, -0.25) is 14.5 Å². The normalized spacial score (nSPS) is 17.1. The molecule has 1 aliphatic rings. The first-order valence-corrected chi connectivity index (χ1v) is 11.7. The Morgan fingerprint density at radius 1 is 1.03 bits per heavy atom. The van der Waals surface area contributed by atoms with Gasteiger partial charge in [0.15, 0.2) is 0 Å². The largest absolute Gasteiger partial charge is 0.507 e. The van der Waals surface area contributed by atoms with Gasteiger partial charge in [-0.1, -0.05) is 38.1 Å². The molecule has 0 radical (unpaired) electrons. The van der Waals surface area contributed by atoms with Crippen LogP contribution in [0.1, 0.15) is 49.4 Å². The van der Waals surface area contributed by atoms with Crippen molar-refractivity contribution < 1.29 is 28.6 Å². The number of nitrogens with zero attached hydrogens (tertiary/aromatic N) is 1. The highest BCUT2D eigenvalue weighted by Crippen LogP contribution is 2.45. The summed E-state index contributed by atoms with van der Waals surface area (Å²) >= 11 is 0. The number of Topliss-reactive ketones (excluding diaryl/α,β-unsaturated/α-hetero) is 1. The summed E-state index contributed by atoms with van der Waals surface area (Å²) in [5.41, 5.74) is 1.81. The summed E-state index contributed by atoms with van der Waals surface area (Å²) in [6, 6.07) is 16.5. The maximum atomic E-state index is 14.1. The number of hydrogen-bond acceptors (Lipinski definition) is 5. The molecule has 36 heavy (non-hydrogen) atoms. The lowest BCUT2D eigenvalue weighted by atomic mass is 9.92. The number of halogens is 1. The van der Waals surface area contributed by atoms with Gasteiger partial charge in [0, 0.05) is 16.8 Å². The molecule has 0 spiro atoms. The zero-order valence-corrected chi connectivity index (χ0v) is 20.6. The molecule has 1 amide bonds. The fourth-order valence-corrected chi connectivity index (χ4v) is 4.50. The van der Waals surface area contributed by atoms with Crippen molar-refractivity contribution in [1.82, 2.24) is 0 Å². The van der Waals surface area contributed by atoms with Gasteiger partial charge in [0.2, 0.25) is 0 Å². The number of para-hydroxylation sites is 1. The number of benzene rings is 3. The van der Waals surface area contributed by atoms with Crippen LogP contribution in [-0.2, 0) is 9.59 Å². The predicted octanol–water partition coefficient (Wildman–Crippen LogP) is 5.98. The molecule has 0 bridgehead atoms. The van der Waals surface area contributed by atoms with E-state index in [2.05, 4.69) is 0 Å². The van der Waals surface area contributed by atoms with Crippen LogP contribution in [0.5, 0.6) is 11.5 Å². The molecule has 1 unspecified atom stereocenters. The van der Waals surface area contributed by atoms with Crippen molar-refractivity contribution >= 4 is 23.1 Å². The molecule has 1 heterocycles. The lowest BCUT2D eigenvalue weighted by Gasteiger charge is -2.26. The van der Waals surface area contributed by atoms with Crippen LogP contribution < -0.4 is 14.4 Å². The van der Waals surface area contributed by atoms with Gasteiger partial charge in [0.1, 0.15) is 23.1 Å². The minimum Gasteiger partial charge on any atom is -0.507 e. The van der Waals surface area contributed by atoms with Gasteiger partial charge in [0.25, 0.3) is 11.7 Å². The fourth-order valence-electron chi connectivity index (χ4n) is 4.50. The molecule has 0 aromatic heterocycles. The number of amides is 1. The van der Waals surface area contributed by atoms with E-state index in [9.17, 15) is 19.1 Å². The standard InChI is InChI=1S/C29H28FNO5/c1-5-36-24-14-13-18(15-22(24)17(2)3)27(32)25-26(21-11-6-7-12-23(21)35-4)31(29(34)28(25)33)20-10-8-9-19(30)16-20/h6-17,26,32H,5H2,1-4H3/b27-25+. The molecule has 3 aromatic rings. The van der Waals surface area contributed by atoms with Gasteiger partial charge in [0.05, 0.1) is 25.3 Å². The summed E-state index contributed by atoms with van der Waals surface area (Å²) in [6.07, 6.45) is 0. The summed E-state index contributed by atoms with van der Waals surface area (Å²) < 4.78 is 25.4. The maximum absolute atomic E-state index is 14.1. The molecule has 6 nitrogen and oxygen atoms in total. The van der Waals surface area contributed by atoms with Crippen molar-refractivity contribution in [3.63, 3.8) is 0 Å². The van der Waals surface area contributed by atoms with Gasteiger partial charge in [-0.25, -0.2) is 4.39 Å². The van der Waals surface area contributed by atoms with E-state index in [0.717, 1.165) is 5.56 Å². The van der Waals surface area contributed by atoms with E-state index >= 15 is 0 Å². The molecule has 1 N–H and O–H groups in total. The van der Waals surface area contributed by atoms with Gasteiger partial charge in [-0.05, 0) is 60.9 Å². The molecule has 1 saturated heterocycles. The quantitative estimate of drug-likeness (QED) is 0.251. The molecule has 1 atom stereocenters. The summed E-state index contributed by atoms with van der Waals surface area (Å²) in [4.78, 5) is 27.9. The van der Waals surface area contributed by atoms with Gasteiger partial charge in [-0.2, -0.15) is 0 Å². The molecule has 0 aliphatic carbocycles. The minimum atomic E-state index is -1.03. The number of ether oxygens (including phenoxy) is 2. The lowest BCUT2D eigenvalue weighted by Crippen LogP contribution is -2.29. The number of carbonyl (C=O) groups is 2. The van der Waals surface area contributed by atoms with Crippen LogP contribution in [0.3, 0.4) is 0 Å². The smallest absolute Gasteiger partial charge is 0.300 e. The molecule has 1 fully saturated rings. The number of methoxy groups -OCH3 is 1. The number of anilines is 1. The summed E-state index contributed by atoms with van der Waals surface area (Å²) in [7, 11) is 1.48. The zero-order valence-electron chi connectivity index (χ0n) is 20.6. The van der Waals surface area contributed by atoms with E-state index in [1.54, 1.807) is 48.5 Å². The Morgan fingerprint density at radius 3 is 2.44 bits per heavy atom. The van der Waals surface area contributed by atoms with Crippen LogP contribution in [0.25, 0.3) is 5.76 Å². The summed E-state index contributed by atoms with van der Waals surface area (Å²) in [5, 5.41) is 11.5. The monoisotopic (exact) mass is 489 g/mol. The Kier molecular flexibility index (Phi) is 7.10. The molecule has 186 valence electrons. The number of rotatable bonds is 7. The van der Waals surface area contributed by atoms with Crippen molar-refractivity contribution in [3.8, 4) is 11.5 Å². The van der Waals surface area contributed by atoms with Crippen LogP contribution in [0.2, 0.25) is 0 Å². The Hall–Kier alpha value is -4.13. The Balaban J connectivity index is 1.97. The van der Waals surface area contributed by atoms with Crippen molar-refractivity contribution in [2.45, 2.75) is 32.7 Å². The fraction of sp³-hybridized carbons (Fsp3) is 0.241. The SMILES string of the molecule is CCOc1ccc(/C(O)=C2\C(=O)C(=O)N(c3cccc(F)c3)C2c2ccccc2OC)cc1C(C)C. The van der Waals surface area contributed by atoms with Crippen molar-refractivity contribution in [2.75, 3.05) is 18.6 Å². The topological polar surface area (TPSA) is 76.1 Å². The van der Waals surface area contributed by atoms with E-state index in [1.807, 2.05) is 20.8 Å². The maximum Gasteiger partial charge on any atom is 0.300 e. The second-order valence-electron chi connectivity index (χ2n) is 8.73. The Labute approximate surface area is 209 Å². The van der Waals surface area contributed by atoms with Gasteiger partial charge < -0.3 is 14.6 Å². The van der Waals surface area contributed by atoms with Crippen molar-refractivity contribution in [3.05, 3.63) is 94.8 Å². The van der Waals surface area contributed by atoms with E-state index in [4.69, 9.17) is 9.47 Å². The molecule has 3 aromatic carbocycles. The van der Waals surface area contributed by atoms with Crippen LogP contribution in [0.4, 0.5) is 10.1 Å². The lowest BCUT2D eigenvalue weighted by molar-refractivity contribution is -0.132. The highest BCUT2D eigenvalue weighted by atomic mass is 19.1. The van der Waals surface area contributed by atoms with Crippen molar-refractivity contribution in [2.24, 2.45) is 0 Å². The van der Waals surface area contributed by atoms with Crippen LogP contribution in [0, 0.1) is 5.82 Å². The third-order valence-electron chi connectivity index (χ3n) is 6.17. The number of carbonyl (C=O) groups excluding carboxylic acids is 2. The molecule has 4 rings (SSSR count). The average molecular weight is 490 g/mol. The number of aliphatic hydroxyl groups is 1. The van der Waals surface area contributed by atoms with E-state index < -0.39 is 23.5 Å². The van der Waals surface area contributed by atoms with Gasteiger partial charge >= 0.3 is 0 Å². The van der Waals surface area contributed by atoms with Crippen LogP contribution in [0.15, 0.2) is 72.3 Å². The van der Waals surface area contributed by atoms with Crippen LogP contribution >= 0.6 is 0 Å². The first-order valence-electron chi connectivity index (χ1n) is 11.7.